The van der Waals surface area contributed by atoms with Crippen LogP contribution in [-0.4, -0.2) is 33.2 Å². The van der Waals surface area contributed by atoms with Crippen molar-refractivity contribution in [2.24, 2.45) is 0 Å². The minimum Gasteiger partial charge on any atom is -0.494 e. The average molecular weight is 362 g/mol. The van der Waals surface area contributed by atoms with Crippen LogP contribution >= 0.6 is 0 Å². The number of nitrogens with zero attached hydrogens (tertiary/aromatic N) is 1. The van der Waals surface area contributed by atoms with Gasteiger partial charge in [-0.25, -0.2) is 8.42 Å². The highest BCUT2D eigenvalue weighted by molar-refractivity contribution is 7.92. The number of para-hydroxylation sites is 1. The van der Waals surface area contributed by atoms with E-state index in [1.807, 2.05) is 6.92 Å². The van der Waals surface area contributed by atoms with Crippen LogP contribution in [0.15, 0.2) is 54.6 Å². The molecule has 0 saturated heterocycles. The molecular formula is C18H22N2O4S. The summed E-state index contributed by atoms with van der Waals surface area (Å²) in [6, 6.07) is 14.6. The molecule has 25 heavy (non-hydrogen) atoms. The second kappa shape index (κ2) is 8.02. The van der Waals surface area contributed by atoms with Crippen molar-refractivity contribution < 1.29 is 17.9 Å². The van der Waals surface area contributed by atoms with Gasteiger partial charge in [-0.1, -0.05) is 18.2 Å². The van der Waals surface area contributed by atoms with Gasteiger partial charge >= 0.3 is 0 Å². The normalized spacial score (nSPS) is 12.3. The molecule has 0 bridgehead atoms. The molecule has 6 nitrogen and oxygen atoms in total. The van der Waals surface area contributed by atoms with E-state index >= 15 is 0 Å². The van der Waals surface area contributed by atoms with Gasteiger partial charge in [0.2, 0.25) is 15.9 Å². The number of benzene rings is 2. The third-order valence-electron chi connectivity index (χ3n) is 3.53. The predicted octanol–water partition coefficient (Wildman–Crippen LogP) is 2.88. The molecule has 1 amide bonds. The highest BCUT2D eigenvalue weighted by Crippen LogP contribution is 2.21. The number of sulfonamides is 1. The number of carbonyl (C=O) groups excluding carboxylic acids is 1. The molecule has 0 aromatic heterocycles. The second-order valence-corrected chi connectivity index (χ2v) is 7.38. The van der Waals surface area contributed by atoms with Crippen molar-refractivity contribution in [1.82, 2.24) is 0 Å². The van der Waals surface area contributed by atoms with Gasteiger partial charge in [-0.3, -0.25) is 9.10 Å². The first-order valence-electron chi connectivity index (χ1n) is 7.91. The topological polar surface area (TPSA) is 75.7 Å². The number of ether oxygens (including phenoxy) is 1. The smallest absolute Gasteiger partial charge is 0.247 e. The fourth-order valence-corrected chi connectivity index (χ4v) is 3.61. The Morgan fingerprint density at radius 2 is 1.72 bits per heavy atom. The summed E-state index contributed by atoms with van der Waals surface area (Å²) in [5.41, 5.74) is 1.01. The van der Waals surface area contributed by atoms with Crippen LogP contribution in [0.25, 0.3) is 0 Å². The van der Waals surface area contributed by atoms with Gasteiger partial charge in [0.25, 0.3) is 0 Å². The Balaban J connectivity index is 2.18. The van der Waals surface area contributed by atoms with E-state index in [1.165, 1.54) is 0 Å². The minimum atomic E-state index is -3.62. The molecule has 0 aliphatic heterocycles. The number of nitrogens with one attached hydrogen (secondary N) is 1. The zero-order valence-corrected chi connectivity index (χ0v) is 15.3. The van der Waals surface area contributed by atoms with Crippen LogP contribution in [0.1, 0.15) is 13.8 Å². The van der Waals surface area contributed by atoms with E-state index in [2.05, 4.69) is 5.32 Å². The Kier molecular flexibility index (Phi) is 6.03. The van der Waals surface area contributed by atoms with Gasteiger partial charge in [-0.15, -0.1) is 0 Å². The van der Waals surface area contributed by atoms with Crippen LogP contribution in [0.3, 0.4) is 0 Å². The first kappa shape index (κ1) is 18.8. The van der Waals surface area contributed by atoms with Crippen LogP contribution in [0, 0.1) is 0 Å². The molecule has 0 radical (unpaired) electrons. The first-order chi connectivity index (χ1) is 11.8. The summed E-state index contributed by atoms with van der Waals surface area (Å²) in [6.07, 6.45) is 1.08. The van der Waals surface area contributed by atoms with E-state index in [0.29, 0.717) is 23.7 Å². The van der Waals surface area contributed by atoms with E-state index in [4.69, 9.17) is 4.74 Å². The standard InChI is InChI=1S/C18H22N2O4S/c1-4-24-17-12-10-15(11-13-17)19-18(21)14(2)20(25(3,22)23)16-8-6-5-7-9-16/h5-14H,4H2,1-3H3,(H,19,21)/t14-/m0/s1. The summed E-state index contributed by atoms with van der Waals surface area (Å²) in [6.45, 7) is 4.00. The molecule has 0 unspecified atom stereocenters. The lowest BCUT2D eigenvalue weighted by Crippen LogP contribution is -2.45. The first-order valence-corrected chi connectivity index (χ1v) is 9.76. The predicted molar refractivity (Wildman–Crippen MR) is 99.5 cm³/mol. The number of anilines is 2. The van der Waals surface area contributed by atoms with Gasteiger partial charge in [0.05, 0.1) is 18.6 Å². The molecule has 0 fully saturated rings. The number of carbonyl (C=O) groups is 1. The third kappa shape index (κ3) is 4.96. The Bertz CT molecular complexity index is 805. The zero-order valence-electron chi connectivity index (χ0n) is 14.5. The van der Waals surface area contributed by atoms with E-state index in [1.54, 1.807) is 61.5 Å². The number of amides is 1. The maximum Gasteiger partial charge on any atom is 0.247 e. The minimum absolute atomic E-state index is 0.418. The van der Waals surface area contributed by atoms with Crippen LogP contribution in [0.4, 0.5) is 11.4 Å². The Labute approximate surface area is 148 Å². The van der Waals surface area contributed by atoms with Crippen molar-refractivity contribution in [2.45, 2.75) is 19.9 Å². The molecule has 2 aromatic carbocycles. The molecule has 2 rings (SSSR count). The lowest BCUT2D eigenvalue weighted by atomic mass is 10.2. The van der Waals surface area contributed by atoms with Crippen molar-refractivity contribution >= 4 is 27.3 Å². The molecule has 1 N–H and O–H groups in total. The molecule has 0 saturated carbocycles. The highest BCUT2D eigenvalue weighted by atomic mass is 32.2. The fourth-order valence-electron chi connectivity index (χ4n) is 2.43. The van der Waals surface area contributed by atoms with Gasteiger partial charge in [0, 0.05) is 5.69 Å². The maximum atomic E-state index is 12.5. The fraction of sp³-hybridized carbons (Fsp3) is 0.278. The van der Waals surface area contributed by atoms with Crippen LogP contribution in [-0.2, 0) is 14.8 Å². The summed E-state index contributed by atoms with van der Waals surface area (Å²) in [5, 5.41) is 2.73. The summed E-state index contributed by atoms with van der Waals surface area (Å²) < 4.78 is 30.8. The Morgan fingerprint density at radius 1 is 1.12 bits per heavy atom. The number of hydrogen-bond donors (Lipinski definition) is 1. The Morgan fingerprint density at radius 3 is 2.24 bits per heavy atom. The molecule has 2 aromatic rings. The van der Waals surface area contributed by atoms with E-state index in [0.717, 1.165) is 10.6 Å². The molecular weight excluding hydrogens is 340 g/mol. The molecule has 0 spiro atoms. The lowest BCUT2D eigenvalue weighted by Gasteiger charge is -2.28. The van der Waals surface area contributed by atoms with E-state index < -0.39 is 22.0 Å². The van der Waals surface area contributed by atoms with E-state index in [9.17, 15) is 13.2 Å². The summed E-state index contributed by atoms with van der Waals surface area (Å²) >= 11 is 0. The summed E-state index contributed by atoms with van der Waals surface area (Å²) in [7, 11) is -3.62. The van der Waals surface area contributed by atoms with Gasteiger partial charge in [-0.05, 0) is 50.2 Å². The number of rotatable bonds is 7. The zero-order chi connectivity index (χ0) is 18.4. The van der Waals surface area contributed by atoms with Crippen LogP contribution < -0.4 is 14.4 Å². The monoisotopic (exact) mass is 362 g/mol. The average Bonchev–Trinajstić information content (AvgIpc) is 2.56. The van der Waals surface area contributed by atoms with Gasteiger partial charge < -0.3 is 10.1 Å². The van der Waals surface area contributed by atoms with Gasteiger partial charge in [0.15, 0.2) is 0 Å². The van der Waals surface area contributed by atoms with E-state index in [-0.39, 0.29) is 0 Å². The molecule has 134 valence electrons. The highest BCUT2D eigenvalue weighted by Gasteiger charge is 2.28. The second-order valence-electron chi connectivity index (χ2n) is 5.52. The lowest BCUT2D eigenvalue weighted by molar-refractivity contribution is -0.116. The van der Waals surface area contributed by atoms with Crippen LogP contribution in [0.2, 0.25) is 0 Å². The molecule has 7 heteroatoms. The third-order valence-corrected chi connectivity index (χ3v) is 4.77. The van der Waals surface area contributed by atoms with Crippen molar-refractivity contribution in [1.29, 1.82) is 0 Å². The molecule has 0 aliphatic rings. The van der Waals surface area contributed by atoms with Crippen molar-refractivity contribution in [3.63, 3.8) is 0 Å². The SMILES string of the molecule is CCOc1ccc(NC(=O)[C@H](C)N(c2ccccc2)S(C)(=O)=O)cc1. The van der Waals surface area contributed by atoms with Gasteiger partial charge in [0.1, 0.15) is 11.8 Å². The van der Waals surface area contributed by atoms with Crippen molar-refractivity contribution in [3.05, 3.63) is 54.6 Å². The summed E-state index contributed by atoms with van der Waals surface area (Å²) in [4.78, 5) is 12.5. The van der Waals surface area contributed by atoms with Gasteiger partial charge in [-0.2, -0.15) is 0 Å². The number of hydrogen-bond acceptors (Lipinski definition) is 4. The molecule has 0 aliphatic carbocycles. The summed E-state index contributed by atoms with van der Waals surface area (Å²) in [5.74, 6) is 0.286. The van der Waals surface area contributed by atoms with Crippen molar-refractivity contribution in [3.8, 4) is 5.75 Å². The largest absolute Gasteiger partial charge is 0.494 e. The Hall–Kier alpha value is -2.54. The van der Waals surface area contributed by atoms with Crippen LogP contribution in [0.5, 0.6) is 5.75 Å². The maximum absolute atomic E-state index is 12.5. The molecule has 1 atom stereocenters. The van der Waals surface area contributed by atoms with Crippen molar-refractivity contribution in [2.75, 3.05) is 22.5 Å². The quantitative estimate of drug-likeness (QED) is 0.822. The molecule has 0 heterocycles.